The lowest BCUT2D eigenvalue weighted by Crippen LogP contribution is -2.31. The largest absolute Gasteiger partial charge is 0.460 e. The third kappa shape index (κ3) is 5.04. The van der Waals surface area contributed by atoms with Gasteiger partial charge < -0.3 is 10.1 Å². The van der Waals surface area contributed by atoms with Crippen molar-refractivity contribution in [1.82, 2.24) is 20.1 Å². The Balaban J connectivity index is 1.66. The number of hydrogen-bond acceptors (Lipinski definition) is 5. The van der Waals surface area contributed by atoms with Crippen LogP contribution in [0.4, 0.5) is 4.39 Å². The van der Waals surface area contributed by atoms with Gasteiger partial charge in [-0.15, -0.1) is 5.10 Å². The molecule has 0 saturated carbocycles. The van der Waals surface area contributed by atoms with E-state index in [-0.39, 0.29) is 30.6 Å². The lowest BCUT2D eigenvalue weighted by Gasteiger charge is -2.08. The van der Waals surface area contributed by atoms with Crippen LogP contribution in [0.3, 0.4) is 0 Å². The smallest absolute Gasteiger partial charge is 0.325 e. The van der Waals surface area contributed by atoms with E-state index in [1.807, 2.05) is 44.2 Å². The minimum Gasteiger partial charge on any atom is -0.460 e. The van der Waals surface area contributed by atoms with E-state index in [0.717, 1.165) is 5.56 Å². The average Bonchev–Trinajstić information content (AvgIpc) is 3.17. The van der Waals surface area contributed by atoms with E-state index in [9.17, 15) is 14.0 Å². The second-order valence-electron chi connectivity index (χ2n) is 6.64. The number of esters is 1. The number of aromatic nitrogens is 3. The topological polar surface area (TPSA) is 86.1 Å². The fourth-order valence-corrected chi connectivity index (χ4v) is 2.62. The maximum atomic E-state index is 14.2. The van der Waals surface area contributed by atoms with Gasteiger partial charge in [0.05, 0.1) is 0 Å². The van der Waals surface area contributed by atoms with Crippen molar-refractivity contribution in [3.05, 3.63) is 77.6 Å². The molecule has 3 rings (SSSR count). The summed E-state index contributed by atoms with van der Waals surface area (Å²) in [5, 5.41) is 6.57. The van der Waals surface area contributed by atoms with Gasteiger partial charge >= 0.3 is 5.97 Å². The second kappa shape index (κ2) is 9.09. The molecule has 0 aliphatic carbocycles. The predicted octanol–water partition coefficient (Wildman–Crippen LogP) is 3.00. The Morgan fingerprint density at radius 3 is 2.48 bits per heavy atom. The van der Waals surface area contributed by atoms with Crippen LogP contribution in [-0.4, -0.2) is 33.2 Å². The highest BCUT2D eigenvalue weighted by atomic mass is 19.1. The molecule has 2 aromatic carbocycles. The van der Waals surface area contributed by atoms with Gasteiger partial charge in [0.15, 0.2) is 0 Å². The summed E-state index contributed by atoms with van der Waals surface area (Å²) < 4.78 is 20.6. The minimum atomic E-state index is -0.640. The number of carbonyl (C=O) groups excluding carboxylic acids is 2. The Morgan fingerprint density at radius 1 is 1.10 bits per heavy atom. The van der Waals surface area contributed by atoms with Crippen molar-refractivity contribution in [3.8, 4) is 5.69 Å². The van der Waals surface area contributed by atoms with Crippen LogP contribution < -0.4 is 5.32 Å². The van der Waals surface area contributed by atoms with Crippen LogP contribution in [0.1, 0.15) is 41.8 Å². The number of rotatable bonds is 7. The molecule has 0 aliphatic heterocycles. The molecule has 150 valence electrons. The Bertz CT molecular complexity index is 1000. The van der Waals surface area contributed by atoms with Gasteiger partial charge in [-0.1, -0.05) is 56.3 Å². The Labute approximate surface area is 167 Å². The summed E-state index contributed by atoms with van der Waals surface area (Å²) in [4.78, 5) is 28.5. The summed E-state index contributed by atoms with van der Waals surface area (Å²) in [6.45, 7) is 3.53. The molecule has 0 saturated heterocycles. The van der Waals surface area contributed by atoms with Gasteiger partial charge in [0, 0.05) is 5.92 Å². The Morgan fingerprint density at radius 2 is 1.79 bits per heavy atom. The predicted molar refractivity (Wildman–Crippen MR) is 104 cm³/mol. The quantitative estimate of drug-likeness (QED) is 0.621. The summed E-state index contributed by atoms with van der Waals surface area (Å²) in [7, 11) is 0. The van der Waals surface area contributed by atoms with Crippen molar-refractivity contribution >= 4 is 11.9 Å². The van der Waals surface area contributed by atoms with Crippen LogP contribution >= 0.6 is 0 Å². The lowest BCUT2D eigenvalue weighted by atomic mass is 10.2. The number of carbonyl (C=O) groups is 2. The standard InChI is InChI=1S/C21H21FN4O3/c1-14(2)20-24-19(25-26(20)17-11-7-6-10-16(17)22)21(28)23-12-18(27)29-13-15-8-4-3-5-9-15/h3-11,14H,12-13H2,1-2H3,(H,23,28). The molecule has 1 heterocycles. The van der Waals surface area contributed by atoms with E-state index in [2.05, 4.69) is 15.4 Å². The van der Waals surface area contributed by atoms with Gasteiger partial charge in [0.25, 0.3) is 5.91 Å². The number of benzene rings is 2. The molecule has 1 amide bonds. The van der Waals surface area contributed by atoms with Crippen molar-refractivity contribution in [2.75, 3.05) is 6.54 Å². The van der Waals surface area contributed by atoms with E-state index in [4.69, 9.17) is 4.74 Å². The van der Waals surface area contributed by atoms with Crippen molar-refractivity contribution < 1.29 is 18.7 Å². The summed E-state index contributed by atoms with van der Waals surface area (Å²) in [6, 6.07) is 15.3. The Hall–Kier alpha value is -3.55. The van der Waals surface area contributed by atoms with Gasteiger partial charge in [-0.25, -0.2) is 14.1 Å². The van der Waals surface area contributed by atoms with Crippen LogP contribution in [0.25, 0.3) is 5.69 Å². The van der Waals surface area contributed by atoms with Crippen molar-refractivity contribution in [1.29, 1.82) is 0 Å². The monoisotopic (exact) mass is 396 g/mol. The molecule has 3 aromatic rings. The van der Waals surface area contributed by atoms with Crippen molar-refractivity contribution in [2.24, 2.45) is 0 Å². The van der Waals surface area contributed by atoms with E-state index >= 15 is 0 Å². The first-order valence-electron chi connectivity index (χ1n) is 9.15. The molecule has 7 nitrogen and oxygen atoms in total. The van der Waals surface area contributed by atoms with Crippen LogP contribution in [0, 0.1) is 5.82 Å². The first kappa shape index (κ1) is 20.2. The second-order valence-corrected chi connectivity index (χ2v) is 6.64. The van der Waals surface area contributed by atoms with Gasteiger partial charge in [-0.05, 0) is 17.7 Å². The van der Waals surface area contributed by atoms with Gasteiger partial charge in [0.1, 0.15) is 30.5 Å². The van der Waals surface area contributed by atoms with E-state index in [1.165, 1.54) is 10.7 Å². The van der Waals surface area contributed by atoms with Crippen LogP contribution in [0.15, 0.2) is 54.6 Å². The number of halogens is 1. The molecule has 1 aromatic heterocycles. The van der Waals surface area contributed by atoms with E-state index in [0.29, 0.717) is 5.82 Å². The van der Waals surface area contributed by atoms with Crippen molar-refractivity contribution in [2.45, 2.75) is 26.4 Å². The molecule has 1 N–H and O–H groups in total. The number of nitrogens with zero attached hydrogens (tertiary/aromatic N) is 3. The number of para-hydroxylation sites is 1. The third-order valence-electron chi connectivity index (χ3n) is 4.07. The molecule has 0 radical (unpaired) electrons. The highest BCUT2D eigenvalue weighted by molar-refractivity contribution is 5.92. The van der Waals surface area contributed by atoms with E-state index < -0.39 is 17.7 Å². The highest BCUT2D eigenvalue weighted by Crippen LogP contribution is 2.19. The molecule has 8 heteroatoms. The lowest BCUT2D eigenvalue weighted by molar-refractivity contribution is -0.143. The number of amides is 1. The maximum Gasteiger partial charge on any atom is 0.325 e. The van der Waals surface area contributed by atoms with Gasteiger partial charge in [-0.3, -0.25) is 9.59 Å². The highest BCUT2D eigenvalue weighted by Gasteiger charge is 2.21. The zero-order chi connectivity index (χ0) is 20.8. The minimum absolute atomic E-state index is 0.0977. The van der Waals surface area contributed by atoms with E-state index in [1.54, 1.807) is 18.2 Å². The maximum absolute atomic E-state index is 14.2. The average molecular weight is 396 g/mol. The molecule has 0 atom stereocenters. The molecule has 0 aliphatic rings. The molecule has 0 spiro atoms. The summed E-state index contributed by atoms with van der Waals surface area (Å²) in [5.74, 6) is -1.51. The number of nitrogens with one attached hydrogen (secondary N) is 1. The third-order valence-corrected chi connectivity index (χ3v) is 4.07. The zero-order valence-corrected chi connectivity index (χ0v) is 16.1. The zero-order valence-electron chi connectivity index (χ0n) is 16.1. The Kier molecular flexibility index (Phi) is 6.33. The fraction of sp³-hybridized carbons (Fsp3) is 0.238. The summed E-state index contributed by atoms with van der Waals surface area (Å²) in [5.41, 5.74) is 1.05. The summed E-state index contributed by atoms with van der Waals surface area (Å²) >= 11 is 0. The first-order chi connectivity index (χ1) is 14.0. The SMILES string of the molecule is CC(C)c1nc(C(=O)NCC(=O)OCc2ccccc2)nn1-c1ccccc1F. The van der Waals surface area contributed by atoms with Crippen molar-refractivity contribution in [3.63, 3.8) is 0 Å². The summed E-state index contributed by atoms with van der Waals surface area (Å²) in [6.07, 6.45) is 0. The van der Waals surface area contributed by atoms with Gasteiger partial charge in [-0.2, -0.15) is 0 Å². The normalized spacial score (nSPS) is 10.8. The molecule has 0 unspecified atom stereocenters. The van der Waals surface area contributed by atoms with Crippen LogP contribution in [0.2, 0.25) is 0 Å². The molecular weight excluding hydrogens is 375 g/mol. The van der Waals surface area contributed by atoms with Gasteiger partial charge in [0.2, 0.25) is 5.82 Å². The molecular formula is C21H21FN4O3. The van der Waals surface area contributed by atoms with Crippen LogP contribution in [-0.2, 0) is 16.1 Å². The molecule has 29 heavy (non-hydrogen) atoms. The molecule has 0 fully saturated rings. The first-order valence-corrected chi connectivity index (χ1v) is 9.15. The fourth-order valence-electron chi connectivity index (χ4n) is 2.62. The van der Waals surface area contributed by atoms with Crippen LogP contribution in [0.5, 0.6) is 0 Å². The number of ether oxygens (including phenoxy) is 1. The molecule has 0 bridgehead atoms. The number of hydrogen-bond donors (Lipinski definition) is 1.